The van der Waals surface area contributed by atoms with Crippen molar-refractivity contribution >= 4 is 0 Å². The Bertz CT molecular complexity index is 362. The molecule has 0 radical (unpaired) electrons. The molecule has 2 heteroatoms. The molecule has 2 N–H and O–H groups in total. The van der Waals surface area contributed by atoms with Crippen LogP contribution in [-0.4, -0.2) is 24.2 Å². The summed E-state index contributed by atoms with van der Waals surface area (Å²) in [6, 6.07) is 0. The monoisotopic (exact) mass is 538 g/mol. The Morgan fingerprint density at radius 3 is 0.605 bits per heavy atom. The lowest BCUT2D eigenvalue weighted by molar-refractivity contribution is -0.940. The van der Waals surface area contributed by atoms with Crippen LogP contribution in [0.25, 0.3) is 0 Å². The van der Waals surface area contributed by atoms with Gasteiger partial charge >= 0.3 is 0 Å². The zero-order valence-electron chi connectivity index (χ0n) is 27.4. The predicted molar refractivity (Wildman–Crippen MR) is 175 cm³/mol. The van der Waals surface area contributed by atoms with Crippen molar-refractivity contribution in [3.63, 3.8) is 0 Å². The number of rotatable bonds is 33. The van der Waals surface area contributed by atoms with Crippen LogP contribution in [0.2, 0.25) is 0 Å². The lowest BCUT2D eigenvalue weighted by atomic mass is 10.0. The Morgan fingerprint density at radius 1 is 0.263 bits per heavy atom. The van der Waals surface area contributed by atoms with Crippen LogP contribution in [0.15, 0.2) is 0 Å². The second-order valence-corrected chi connectivity index (χ2v) is 12.9. The average Bonchev–Trinajstić information content (AvgIpc) is 2.92. The van der Waals surface area contributed by atoms with Crippen molar-refractivity contribution in [3.8, 4) is 0 Å². The summed E-state index contributed by atoms with van der Waals surface area (Å²) in [7, 11) is 0. The van der Waals surface area contributed by atoms with Crippen LogP contribution in [0.3, 0.4) is 0 Å². The molecule has 0 rings (SSSR count). The van der Waals surface area contributed by atoms with Crippen molar-refractivity contribution in [3.05, 3.63) is 0 Å². The van der Waals surface area contributed by atoms with E-state index < -0.39 is 0 Å². The highest BCUT2D eigenvalue weighted by molar-refractivity contribution is 4.52. The van der Waals surface area contributed by atoms with Crippen LogP contribution >= 0.6 is 0 Å². The number of nitrogens with zero attached hydrogens (tertiary/aromatic N) is 1. The first kappa shape index (κ1) is 37.9. The molecule has 0 heterocycles. The Kier molecular flexibility index (Phi) is 31.4. The first-order valence-electron chi connectivity index (χ1n) is 18.3. The number of hydrogen-bond acceptors (Lipinski definition) is 1. The molecule has 0 aromatic rings. The molecule has 0 amide bonds. The number of quaternary nitrogens is 1. The Balaban J connectivity index is 4.06. The van der Waals surface area contributed by atoms with Gasteiger partial charge in [-0.1, -0.05) is 175 Å². The third kappa shape index (κ3) is 28.9. The first-order valence-corrected chi connectivity index (χ1v) is 18.3. The van der Waals surface area contributed by atoms with Crippen molar-refractivity contribution in [1.82, 2.24) is 0 Å². The molecule has 0 aromatic heterocycles. The predicted octanol–water partition coefficient (Wildman–Crippen LogP) is 12.4. The van der Waals surface area contributed by atoms with Gasteiger partial charge in [0, 0.05) is 0 Å². The van der Waals surface area contributed by atoms with Gasteiger partial charge in [0.1, 0.15) is 0 Å². The standard InChI is InChI=1S/C36H77N2/c1-4-7-10-13-16-19-22-25-28-31-34-38(37,35-32-29-26-23-20-17-14-11-8-5-2)36-33-30-27-24-21-18-15-12-9-6-3/h4-37H2,1-3H3/q+1. The summed E-state index contributed by atoms with van der Waals surface area (Å²) in [6.45, 7) is 10.6. The van der Waals surface area contributed by atoms with Crippen LogP contribution in [0.1, 0.15) is 213 Å². The van der Waals surface area contributed by atoms with E-state index in [1.165, 1.54) is 212 Å². The highest BCUT2D eigenvalue weighted by atomic mass is 15.6. The van der Waals surface area contributed by atoms with Crippen LogP contribution in [0, 0.1) is 0 Å². The van der Waals surface area contributed by atoms with Gasteiger partial charge in [-0.3, -0.25) is 0 Å². The molecule has 0 atom stereocenters. The van der Waals surface area contributed by atoms with Crippen LogP contribution in [0.4, 0.5) is 0 Å². The molecule has 0 saturated carbocycles. The second kappa shape index (κ2) is 31.4. The summed E-state index contributed by atoms with van der Waals surface area (Å²) in [5.41, 5.74) is 0. The lowest BCUT2D eigenvalue weighted by Gasteiger charge is -2.33. The van der Waals surface area contributed by atoms with Gasteiger partial charge in [0.15, 0.2) is 0 Å². The van der Waals surface area contributed by atoms with E-state index in [9.17, 15) is 0 Å². The van der Waals surface area contributed by atoms with E-state index in [1.54, 1.807) is 0 Å². The van der Waals surface area contributed by atoms with Gasteiger partial charge in [0.05, 0.1) is 19.6 Å². The summed E-state index contributed by atoms with van der Waals surface area (Å²) in [5, 5.41) is 0. The summed E-state index contributed by atoms with van der Waals surface area (Å²) >= 11 is 0. The number of unbranched alkanes of at least 4 members (excludes halogenated alkanes) is 27. The largest absolute Gasteiger partial charge is 0.248 e. The fourth-order valence-corrected chi connectivity index (χ4v) is 6.08. The maximum Gasteiger partial charge on any atom is 0.0960 e. The molecule has 38 heavy (non-hydrogen) atoms. The molecule has 0 saturated heterocycles. The molecule has 0 aliphatic rings. The Hall–Kier alpha value is -0.0800. The summed E-state index contributed by atoms with van der Waals surface area (Å²) in [4.78, 5) is 0. The lowest BCUT2D eigenvalue weighted by Crippen LogP contribution is -2.56. The molecule has 0 aromatic carbocycles. The van der Waals surface area contributed by atoms with Gasteiger partial charge in [-0.2, -0.15) is 5.84 Å². The Labute approximate surface area is 243 Å². The van der Waals surface area contributed by atoms with Crippen molar-refractivity contribution in [2.24, 2.45) is 5.84 Å². The fraction of sp³-hybridized carbons (Fsp3) is 1.00. The minimum atomic E-state index is 0.866. The molecule has 230 valence electrons. The average molecular weight is 538 g/mol. The number of nitrogens with two attached hydrogens (primary N) is 1. The maximum atomic E-state index is 7.06. The second-order valence-electron chi connectivity index (χ2n) is 12.9. The normalized spacial score (nSPS) is 12.0. The smallest absolute Gasteiger partial charge is 0.0960 e. The third-order valence-electron chi connectivity index (χ3n) is 8.87. The maximum absolute atomic E-state index is 7.06. The molecule has 0 fully saturated rings. The van der Waals surface area contributed by atoms with E-state index in [4.69, 9.17) is 5.84 Å². The van der Waals surface area contributed by atoms with Gasteiger partial charge in [-0.15, -0.1) is 0 Å². The molecule has 0 unspecified atom stereocenters. The topological polar surface area (TPSA) is 26.0 Å². The minimum absolute atomic E-state index is 0.866. The molecule has 2 nitrogen and oxygen atoms in total. The van der Waals surface area contributed by atoms with Crippen molar-refractivity contribution < 1.29 is 4.59 Å². The van der Waals surface area contributed by atoms with Crippen LogP contribution < -0.4 is 5.84 Å². The molecular weight excluding hydrogens is 460 g/mol. The summed E-state index contributed by atoms with van der Waals surface area (Å²) < 4.78 is 0.866. The quantitative estimate of drug-likeness (QED) is 0.0383. The van der Waals surface area contributed by atoms with E-state index >= 15 is 0 Å². The van der Waals surface area contributed by atoms with Gasteiger partial charge in [0.2, 0.25) is 0 Å². The zero-order chi connectivity index (χ0) is 27.8. The van der Waals surface area contributed by atoms with Gasteiger partial charge in [-0.05, 0) is 38.5 Å². The van der Waals surface area contributed by atoms with Gasteiger partial charge < -0.3 is 0 Å². The molecule has 0 aliphatic carbocycles. The van der Waals surface area contributed by atoms with E-state index in [-0.39, 0.29) is 0 Å². The van der Waals surface area contributed by atoms with Crippen molar-refractivity contribution in [2.45, 2.75) is 213 Å². The van der Waals surface area contributed by atoms with E-state index in [2.05, 4.69) is 20.8 Å². The third-order valence-corrected chi connectivity index (χ3v) is 8.87. The zero-order valence-corrected chi connectivity index (χ0v) is 27.4. The van der Waals surface area contributed by atoms with Crippen LogP contribution in [0.5, 0.6) is 0 Å². The molecule has 0 aliphatic heterocycles. The highest BCUT2D eigenvalue weighted by Gasteiger charge is 2.21. The molecule has 0 bridgehead atoms. The fourth-order valence-electron chi connectivity index (χ4n) is 6.08. The van der Waals surface area contributed by atoms with E-state index in [0.717, 1.165) is 4.59 Å². The van der Waals surface area contributed by atoms with Gasteiger partial charge in [-0.25, -0.2) is 4.59 Å². The molecular formula is C36H77N2+. The van der Waals surface area contributed by atoms with E-state index in [0.29, 0.717) is 0 Å². The summed E-state index contributed by atoms with van der Waals surface area (Å²) in [6.07, 6.45) is 42.5. The number of hydrogen-bond donors (Lipinski definition) is 1. The minimum Gasteiger partial charge on any atom is -0.248 e. The molecule has 0 spiro atoms. The van der Waals surface area contributed by atoms with Crippen LogP contribution in [-0.2, 0) is 0 Å². The highest BCUT2D eigenvalue weighted by Crippen LogP contribution is 2.16. The van der Waals surface area contributed by atoms with Gasteiger partial charge in [0.25, 0.3) is 0 Å². The van der Waals surface area contributed by atoms with Crippen molar-refractivity contribution in [1.29, 1.82) is 0 Å². The summed E-state index contributed by atoms with van der Waals surface area (Å²) in [5.74, 6) is 7.06. The first-order chi connectivity index (χ1) is 18.7. The Morgan fingerprint density at radius 2 is 0.421 bits per heavy atom. The SMILES string of the molecule is CCCCCCCCCCCC[N+](N)(CCCCCCCCCCCC)CCCCCCCCCCCC. The van der Waals surface area contributed by atoms with Crippen molar-refractivity contribution in [2.75, 3.05) is 19.6 Å². The van der Waals surface area contributed by atoms with E-state index in [1.807, 2.05) is 0 Å².